The molecule has 0 aliphatic heterocycles. The molecule has 1 heterocycles. The van der Waals surface area contributed by atoms with Crippen molar-refractivity contribution in [2.24, 2.45) is 7.05 Å². The maximum Gasteiger partial charge on any atom is 0.251 e. The highest BCUT2D eigenvalue weighted by Gasteiger charge is 2.08. The van der Waals surface area contributed by atoms with Gasteiger partial charge in [-0.3, -0.25) is 9.48 Å². The molecule has 0 radical (unpaired) electrons. The summed E-state index contributed by atoms with van der Waals surface area (Å²) in [6.45, 7) is 5.49. The van der Waals surface area contributed by atoms with Gasteiger partial charge in [0.1, 0.15) is 0 Å². The van der Waals surface area contributed by atoms with E-state index < -0.39 is 0 Å². The topological polar surface area (TPSA) is 59.0 Å². The summed E-state index contributed by atoms with van der Waals surface area (Å²) in [6.07, 6.45) is 3.00. The minimum Gasteiger partial charge on any atom is -0.385 e. The average molecular weight is 286 g/mol. The molecular formula is C16H22N4O. The van der Waals surface area contributed by atoms with Crippen molar-refractivity contribution >= 4 is 11.6 Å². The van der Waals surface area contributed by atoms with Gasteiger partial charge in [0.05, 0.1) is 5.69 Å². The summed E-state index contributed by atoms with van der Waals surface area (Å²) in [5.74, 6) is -0.0692. The molecule has 0 aliphatic rings. The van der Waals surface area contributed by atoms with Crippen LogP contribution in [0.25, 0.3) is 0 Å². The van der Waals surface area contributed by atoms with E-state index in [2.05, 4.69) is 22.7 Å². The van der Waals surface area contributed by atoms with Gasteiger partial charge < -0.3 is 10.6 Å². The van der Waals surface area contributed by atoms with Crippen LogP contribution in [0.3, 0.4) is 0 Å². The Labute approximate surface area is 125 Å². The van der Waals surface area contributed by atoms with Gasteiger partial charge in [-0.05, 0) is 37.6 Å². The number of nitrogens with zero attached hydrogens (tertiary/aromatic N) is 2. The average Bonchev–Trinajstić information content (AvgIpc) is 2.81. The summed E-state index contributed by atoms with van der Waals surface area (Å²) in [4.78, 5) is 12.1. The molecule has 2 rings (SSSR count). The second-order valence-corrected chi connectivity index (χ2v) is 5.10. The van der Waals surface area contributed by atoms with Crippen LogP contribution in [0.5, 0.6) is 0 Å². The fourth-order valence-electron chi connectivity index (χ4n) is 2.11. The summed E-state index contributed by atoms with van der Waals surface area (Å²) < 4.78 is 1.75. The van der Waals surface area contributed by atoms with E-state index in [0.29, 0.717) is 12.1 Å². The highest BCUT2D eigenvalue weighted by atomic mass is 16.1. The van der Waals surface area contributed by atoms with Crippen LogP contribution in [-0.2, 0) is 13.6 Å². The van der Waals surface area contributed by atoms with Gasteiger partial charge in [0.15, 0.2) is 0 Å². The lowest BCUT2D eigenvalue weighted by Crippen LogP contribution is -2.22. The van der Waals surface area contributed by atoms with Crippen LogP contribution >= 0.6 is 0 Å². The Bertz CT molecular complexity index is 601. The number of anilines is 1. The lowest BCUT2D eigenvalue weighted by Gasteiger charge is -2.07. The molecule has 1 amide bonds. The Morgan fingerprint density at radius 1 is 1.29 bits per heavy atom. The number of benzene rings is 1. The van der Waals surface area contributed by atoms with Gasteiger partial charge in [-0.25, -0.2) is 0 Å². The van der Waals surface area contributed by atoms with Gasteiger partial charge in [0.25, 0.3) is 5.91 Å². The normalized spacial score (nSPS) is 10.4. The summed E-state index contributed by atoms with van der Waals surface area (Å²) in [5, 5.41) is 10.5. The number of carbonyl (C=O) groups is 1. The number of amides is 1. The summed E-state index contributed by atoms with van der Waals surface area (Å²) in [7, 11) is 1.88. The van der Waals surface area contributed by atoms with Crippen LogP contribution in [0, 0.1) is 6.92 Å². The predicted octanol–water partition coefficient (Wildman–Crippen LogP) is 2.48. The third-order valence-corrected chi connectivity index (χ3v) is 3.28. The first kappa shape index (κ1) is 15.1. The van der Waals surface area contributed by atoms with Gasteiger partial charge in [-0.2, -0.15) is 5.10 Å². The first-order chi connectivity index (χ1) is 10.1. The summed E-state index contributed by atoms with van der Waals surface area (Å²) in [6, 6.07) is 7.53. The van der Waals surface area contributed by atoms with Gasteiger partial charge in [0.2, 0.25) is 0 Å². The van der Waals surface area contributed by atoms with E-state index in [4.69, 9.17) is 0 Å². The van der Waals surface area contributed by atoms with Gasteiger partial charge in [0, 0.05) is 43.1 Å². The second kappa shape index (κ2) is 6.92. The van der Waals surface area contributed by atoms with E-state index in [9.17, 15) is 4.79 Å². The highest BCUT2D eigenvalue weighted by molar-refractivity contribution is 5.94. The zero-order chi connectivity index (χ0) is 15.2. The number of hydrogen-bond donors (Lipinski definition) is 2. The zero-order valence-corrected chi connectivity index (χ0v) is 12.8. The first-order valence-corrected chi connectivity index (χ1v) is 7.21. The number of aromatic nitrogens is 2. The Hall–Kier alpha value is -2.30. The highest BCUT2D eigenvalue weighted by Crippen LogP contribution is 2.10. The third kappa shape index (κ3) is 4.08. The van der Waals surface area contributed by atoms with Crippen LogP contribution < -0.4 is 10.6 Å². The largest absolute Gasteiger partial charge is 0.385 e. The van der Waals surface area contributed by atoms with Gasteiger partial charge in [-0.1, -0.05) is 6.92 Å². The number of nitrogens with one attached hydrogen (secondary N) is 2. The maximum absolute atomic E-state index is 12.1. The van der Waals surface area contributed by atoms with E-state index in [1.807, 2.05) is 44.4 Å². The standard InChI is InChI=1S/C16H22N4O/c1-4-9-17-15-7-5-13(6-8-15)16(21)18-10-14-11-20(3)19-12(14)2/h5-8,11,17H,4,9-10H2,1-3H3,(H,18,21). The molecule has 0 aliphatic carbocycles. The number of rotatable bonds is 6. The SMILES string of the molecule is CCCNc1ccc(C(=O)NCc2cn(C)nc2C)cc1. The minimum absolute atomic E-state index is 0.0692. The Morgan fingerprint density at radius 3 is 2.57 bits per heavy atom. The lowest BCUT2D eigenvalue weighted by atomic mass is 10.2. The molecule has 1 aromatic heterocycles. The number of carbonyl (C=O) groups excluding carboxylic acids is 1. The van der Waals surface area contributed by atoms with Gasteiger partial charge >= 0.3 is 0 Å². The molecule has 21 heavy (non-hydrogen) atoms. The van der Waals surface area contributed by atoms with Crippen LogP contribution in [0.4, 0.5) is 5.69 Å². The van der Waals surface area contributed by atoms with Crippen molar-refractivity contribution in [1.29, 1.82) is 0 Å². The second-order valence-electron chi connectivity index (χ2n) is 5.10. The van der Waals surface area contributed by atoms with E-state index >= 15 is 0 Å². The smallest absolute Gasteiger partial charge is 0.251 e. The molecule has 0 atom stereocenters. The lowest BCUT2D eigenvalue weighted by molar-refractivity contribution is 0.0951. The molecule has 0 fully saturated rings. The van der Waals surface area contributed by atoms with Crippen molar-refractivity contribution in [2.45, 2.75) is 26.8 Å². The minimum atomic E-state index is -0.0692. The number of hydrogen-bond acceptors (Lipinski definition) is 3. The van der Waals surface area contributed by atoms with Crippen molar-refractivity contribution in [3.63, 3.8) is 0 Å². The van der Waals surface area contributed by atoms with Crippen LogP contribution in [0.1, 0.15) is 35.0 Å². The summed E-state index contributed by atoms with van der Waals surface area (Å²) >= 11 is 0. The molecule has 0 saturated carbocycles. The molecule has 2 N–H and O–H groups in total. The molecule has 5 heteroatoms. The van der Waals surface area contributed by atoms with Gasteiger partial charge in [-0.15, -0.1) is 0 Å². The quantitative estimate of drug-likeness (QED) is 0.857. The zero-order valence-electron chi connectivity index (χ0n) is 12.8. The van der Waals surface area contributed by atoms with Crippen LogP contribution in [-0.4, -0.2) is 22.2 Å². The first-order valence-electron chi connectivity index (χ1n) is 7.21. The number of aryl methyl sites for hydroxylation is 2. The predicted molar refractivity (Wildman–Crippen MR) is 84.3 cm³/mol. The molecule has 112 valence electrons. The maximum atomic E-state index is 12.1. The molecule has 2 aromatic rings. The van der Waals surface area contributed by atoms with E-state index in [-0.39, 0.29) is 5.91 Å². The van der Waals surface area contributed by atoms with Crippen molar-refractivity contribution in [3.8, 4) is 0 Å². The molecular weight excluding hydrogens is 264 g/mol. The Kier molecular flexibility index (Phi) is 4.98. The van der Waals surface area contributed by atoms with Crippen molar-refractivity contribution in [2.75, 3.05) is 11.9 Å². The van der Waals surface area contributed by atoms with Crippen molar-refractivity contribution in [1.82, 2.24) is 15.1 Å². The van der Waals surface area contributed by atoms with Crippen molar-refractivity contribution in [3.05, 3.63) is 47.3 Å². The molecule has 0 saturated heterocycles. The van der Waals surface area contributed by atoms with E-state index in [1.165, 1.54) is 0 Å². The monoisotopic (exact) mass is 286 g/mol. The Morgan fingerprint density at radius 2 is 2.00 bits per heavy atom. The van der Waals surface area contributed by atoms with E-state index in [1.54, 1.807) is 4.68 Å². The fourth-order valence-corrected chi connectivity index (χ4v) is 2.11. The summed E-state index contributed by atoms with van der Waals surface area (Å²) in [5.41, 5.74) is 3.68. The molecule has 0 bridgehead atoms. The molecule has 5 nitrogen and oxygen atoms in total. The van der Waals surface area contributed by atoms with E-state index in [0.717, 1.165) is 29.9 Å². The van der Waals surface area contributed by atoms with Crippen LogP contribution in [0.2, 0.25) is 0 Å². The molecule has 0 unspecified atom stereocenters. The van der Waals surface area contributed by atoms with Crippen LogP contribution in [0.15, 0.2) is 30.5 Å². The molecule has 0 spiro atoms. The Balaban J connectivity index is 1.92. The molecule has 1 aromatic carbocycles. The van der Waals surface area contributed by atoms with Crippen molar-refractivity contribution < 1.29 is 4.79 Å². The fraction of sp³-hybridized carbons (Fsp3) is 0.375. The third-order valence-electron chi connectivity index (χ3n) is 3.28.